The van der Waals surface area contributed by atoms with Crippen LogP contribution in [-0.4, -0.2) is 29.6 Å². The van der Waals surface area contributed by atoms with E-state index in [1.165, 1.54) is 12.7 Å². The Bertz CT molecular complexity index is 884. The molecule has 0 spiro atoms. The van der Waals surface area contributed by atoms with E-state index >= 15 is 0 Å². The molecule has 2 aromatic carbocycles. The number of ether oxygens (including phenoxy) is 1. The van der Waals surface area contributed by atoms with E-state index in [1.54, 1.807) is 24.4 Å². The highest BCUT2D eigenvalue weighted by molar-refractivity contribution is 5.90. The van der Waals surface area contributed by atoms with E-state index in [4.69, 9.17) is 4.74 Å². The maximum Gasteiger partial charge on any atom is 0.337 e. The maximum atomic E-state index is 11.6. The third-order valence-electron chi connectivity index (χ3n) is 3.99. The summed E-state index contributed by atoms with van der Waals surface area (Å²) in [6.07, 6.45) is 3.72. The number of esters is 1. The fourth-order valence-corrected chi connectivity index (χ4v) is 2.64. The fourth-order valence-electron chi connectivity index (χ4n) is 2.64. The van der Waals surface area contributed by atoms with Crippen LogP contribution in [0, 0.1) is 0 Å². The van der Waals surface area contributed by atoms with E-state index in [9.17, 15) is 4.79 Å². The lowest BCUT2D eigenvalue weighted by atomic mass is 10.1. The lowest BCUT2D eigenvalue weighted by Gasteiger charge is -2.09. The number of carbonyl (C=O) groups excluding carboxylic acids is 1. The molecule has 0 radical (unpaired) electrons. The van der Waals surface area contributed by atoms with Gasteiger partial charge in [-0.25, -0.2) is 9.78 Å². The first-order chi connectivity index (χ1) is 13.2. The van der Waals surface area contributed by atoms with Crippen molar-refractivity contribution in [1.82, 2.24) is 9.97 Å². The summed E-state index contributed by atoms with van der Waals surface area (Å²) in [5.41, 5.74) is 2.52. The average molecular weight is 362 g/mol. The summed E-state index contributed by atoms with van der Waals surface area (Å²) >= 11 is 0. The first-order valence-corrected chi connectivity index (χ1v) is 8.81. The summed E-state index contributed by atoms with van der Waals surface area (Å²) in [5, 5.41) is 6.42. The first-order valence-electron chi connectivity index (χ1n) is 8.81. The third-order valence-corrected chi connectivity index (χ3v) is 3.99. The number of hydrogen-bond acceptors (Lipinski definition) is 6. The van der Waals surface area contributed by atoms with E-state index in [0.717, 1.165) is 30.9 Å². The highest BCUT2D eigenvalue weighted by Crippen LogP contribution is 2.16. The molecule has 3 aromatic rings. The van der Waals surface area contributed by atoms with Crippen molar-refractivity contribution in [2.75, 3.05) is 24.3 Å². The maximum absolute atomic E-state index is 11.6. The first kappa shape index (κ1) is 18.4. The molecule has 0 saturated carbocycles. The number of hydrogen-bond donors (Lipinski definition) is 2. The van der Waals surface area contributed by atoms with Crippen molar-refractivity contribution < 1.29 is 9.53 Å². The quantitative estimate of drug-likeness (QED) is 0.465. The van der Waals surface area contributed by atoms with Gasteiger partial charge < -0.3 is 15.4 Å². The normalized spacial score (nSPS) is 10.3. The van der Waals surface area contributed by atoms with E-state index in [-0.39, 0.29) is 5.97 Å². The Balaban J connectivity index is 1.55. The molecule has 0 unspecified atom stereocenters. The van der Waals surface area contributed by atoms with Gasteiger partial charge in [0.25, 0.3) is 0 Å². The molecule has 1 aromatic heterocycles. The van der Waals surface area contributed by atoms with Crippen LogP contribution in [-0.2, 0) is 11.2 Å². The van der Waals surface area contributed by atoms with Crippen molar-refractivity contribution >= 4 is 23.4 Å². The zero-order chi connectivity index (χ0) is 18.9. The van der Waals surface area contributed by atoms with Crippen LogP contribution in [0.1, 0.15) is 22.3 Å². The zero-order valence-corrected chi connectivity index (χ0v) is 15.2. The van der Waals surface area contributed by atoms with Crippen molar-refractivity contribution in [1.29, 1.82) is 0 Å². The van der Waals surface area contributed by atoms with Gasteiger partial charge in [-0.1, -0.05) is 36.4 Å². The van der Waals surface area contributed by atoms with Crippen molar-refractivity contribution in [2.45, 2.75) is 12.8 Å². The van der Waals surface area contributed by atoms with Crippen LogP contribution in [0.5, 0.6) is 0 Å². The zero-order valence-electron chi connectivity index (χ0n) is 15.2. The largest absolute Gasteiger partial charge is 0.465 e. The number of rotatable bonds is 8. The van der Waals surface area contributed by atoms with Gasteiger partial charge in [-0.05, 0) is 42.7 Å². The Morgan fingerprint density at radius 1 is 1.07 bits per heavy atom. The second kappa shape index (κ2) is 9.33. The number of anilines is 3. The molecule has 138 valence electrons. The van der Waals surface area contributed by atoms with Gasteiger partial charge in [0.2, 0.25) is 5.95 Å². The van der Waals surface area contributed by atoms with Crippen molar-refractivity contribution in [3.63, 3.8) is 0 Å². The predicted molar refractivity (Wildman–Crippen MR) is 106 cm³/mol. The minimum Gasteiger partial charge on any atom is -0.465 e. The standard InChI is InChI=1S/C21H22N4O2/c1-27-20(26)17-10-5-11-18(15-17)24-21-23-14-12-19(25-21)22-13-6-9-16-7-3-2-4-8-16/h2-5,7-8,10-12,14-15H,6,9,13H2,1H3,(H2,22,23,24,25). The van der Waals surface area contributed by atoms with Crippen LogP contribution in [0.15, 0.2) is 66.9 Å². The molecule has 0 aliphatic rings. The van der Waals surface area contributed by atoms with Crippen LogP contribution >= 0.6 is 0 Å². The van der Waals surface area contributed by atoms with Gasteiger partial charge in [0, 0.05) is 18.4 Å². The molecule has 27 heavy (non-hydrogen) atoms. The SMILES string of the molecule is COC(=O)c1cccc(Nc2nccc(NCCCc3ccccc3)n2)c1. The summed E-state index contributed by atoms with van der Waals surface area (Å²) in [7, 11) is 1.36. The minimum atomic E-state index is -0.381. The number of methoxy groups -OCH3 is 1. The molecule has 6 heteroatoms. The number of aryl methyl sites for hydroxylation is 1. The van der Waals surface area contributed by atoms with Crippen LogP contribution in [0.2, 0.25) is 0 Å². The van der Waals surface area contributed by atoms with E-state index in [0.29, 0.717) is 11.5 Å². The number of benzene rings is 2. The van der Waals surface area contributed by atoms with Gasteiger partial charge in [-0.2, -0.15) is 4.98 Å². The van der Waals surface area contributed by atoms with Gasteiger partial charge >= 0.3 is 5.97 Å². The minimum absolute atomic E-state index is 0.381. The number of aromatic nitrogens is 2. The number of nitrogens with zero attached hydrogens (tertiary/aromatic N) is 2. The van der Waals surface area contributed by atoms with Gasteiger partial charge in [-0.15, -0.1) is 0 Å². The predicted octanol–water partition coefficient (Wildman–Crippen LogP) is 4.05. The molecular formula is C21H22N4O2. The lowest BCUT2D eigenvalue weighted by Crippen LogP contribution is -2.07. The van der Waals surface area contributed by atoms with Gasteiger partial charge in [0.15, 0.2) is 0 Å². The molecule has 2 N–H and O–H groups in total. The monoisotopic (exact) mass is 362 g/mol. The van der Waals surface area contributed by atoms with E-state index < -0.39 is 0 Å². The molecule has 0 saturated heterocycles. The second-order valence-electron chi connectivity index (χ2n) is 5.98. The fraction of sp³-hybridized carbons (Fsp3) is 0.190. The topological polar surface area (TPSA) is 76.1 Å². The highest BCUT2D eigenvalue weighted by Gasteiger charge is 2.06. The molecule has 0 atom stereocenters. The molecule has 6 nitrogen and oxygen atoms in total. The van der Waals surface area contributed by atoms with Crippen LogP contribution in [0.4, 0.5) is 17.5 Å². The Morgan fingerprint density at radius 3 is 2.74 bits per heavy atom. The lowest BCUT2D eigenvalue weighted by molar-refractivity contribution is 0.0601. The smallest absolute Gasteiger partial charge is 0.337 e. The summed E-state index contributed by atoms with van der Waals surface area (Å²) in [4.78, 5) is 20.3. The van der Waals surface area contributed by atoms with Crippen molar-refractivity contribution in [3.8, 4) is 0 Å². The molecule has 3 rings (SSSR count). The Hall–Kier alpha value is -3.41. The Labute approximate surface area is 158 Å². The van der Waals surface area contributed by atoms with E-state index in [2.05, 4.69) is 44.9 Å². The summed E-state index contributed by atoms with van der Waals surface area (Å²) in [6, 6.07) is 19.3. The third kappa shape index (κ3) is 5.54. The Kier molecular flexibility index (Phi) is 6.35. The van der Waals surface area contributed by atoms with Crippen molar-refractivity contribution in [2.24, 2.45) is 0 Å². The average Bonchev–Trinajstić information content (AvgIpc) is 2.72. The van der Waals surface area contributed by atoms with Crippen LogP contribution in [0.25, 0.3) is 0 Å². The molecule has 0 bridgehead atoms. The van der Waals surface area contributed by atoms with Gasteiger partial charge in [0.1, 0.15) is 5.82 Å². The molecular weight excluding hydrogens is 340 g/mol. The molecule has 0 fully saturated rings. The molecule has 0 aliphatic heterocycles. The van der Waals surface area contributed by atoms with Gasteiger partial charge in [-0.3, -0.25) is 0 Å². The summed E-state index contributed by atoms with van der Waals surface area (Å²) in [5.74, 6) is 0.836. The Morgan fingerprint density at radius 2 is 1.93 bits per heavy atom. The number of nitrogens with one attached hydrogen (secondary N) is 2. The van der Waals surface area contributed by atoms with E-state index in [1.807, 2.05) is 18.2 Å². The molecule has 0 aliphatic carbocycles. The summed E-state index contributed by atoms with van der Waals surface area (Å²) in [6.45, 7) is 0.823. The van der Waals surface area contributed by atoms with Gasteiger partial charge in [0.05, 0.1) is 12.7 Å². The van der Waals surface area contributed by atoms with Crippen LogP contribution in [0.3, 0.4) is 0 Å². The highest BCUT2D eigenvalue weighted by atomic mass is 16.5. The van der Waals surface area contributed by atoms with Crippen LogP contribution < -0.4 is 10.6 Å². The summed E-state index contributed by atoms with van der Waals surface area (Å²) < 4.78 is 4.74. The molecule has 0 amide bonds. The number of carbonyl (C=O) groups is 1. The molecule has 1 heterocycles. The van der Waals surface area contributed by atoms with Crippen molar-refractivity contribution in [3.05, 3.63) is 78.0 Å². The second-order valence-corrected chi connectivity index (χ2v) is 5.98.